The van der Waals surface area contributed by atoms with Gasteiger partial charge in [-0.1, -0.05) is 51.1 Å². The molecule has 6 heteroatoms. The second-order valence-electron chi connectivity index (χ2n) is 7.44. The van der Waals surface area contributed by atoms with Crippen LogP contribution in [0.4, 0.5) is 11.4 Å². The smallest absolute Gasteiger partial charge is 0.248 e. The van der Waals surface area contributed by atoms with E-state index in [0.29, 0.717) is 5.69 Å². The topological polar surface area (TPSA) is 66.5 Å². The number of carbonyl (C=O) groups is 1. The summed E-state index contributed by atoms with van der Waals surface area (Å²) in [6, 6.07) is 12.3. The third-order valence-corrected chi connectivity index (χ3v) is 6.10. The fourth-order valence-electron chi connectivity index (χ4n) is 3.26. The Balaban J connectivity index is 2.38. The Morgan fingerprint density at radius 1 is 1.07 bits per heavy atom. The molecule has 0 bridgehead atoms. The molecule has 0 aliphatic carbocycles. The molecular weight excluding hydrogens is 372 g/mol. The standard InChI is InChI=1S/C22H30N2O3S/c1-7-18-11-13-19(14-12-18)24(28(6,26)27)17(5)22(25)23-21-16(4)9-8-10-20(21)15(2)3/h8-15,17H,7H2,1-6H3,(H,23,25)/t17-/m1/s1. The number of hydrogen-bond donors (Lipinski definition) is 1. The average Bonchev–Trinajstić information content (AvgIpc) is 2.62. The number of hydrogen-bond acceptors (Lipinski definition) is 3. The number of anilines is 2. The first kappa shape index (κ1) is 22.0. The number of para-hydroxylation sites is 1. The predicted molar refractivity (Wildman–Crippen MR) is 117 cm³/mol. The maximum atomic E-state index is 13.0. The number of nitrogens with one attached hydrogen (secondary N) is 1. The molecule has 1 N–H and O–H groups in total. The Morgan fingerprint density at radius 2 is 1.68 bits per heavy atom. The van der Waals surface area contributed by atoms with Crippen molar-refractivity contribution >= 4 is 27.3 Å². The number of aryl methyl sites for hydroxylation is 2. The molecule has 0 aliphatic heterocycles. The van der Waals surface area contributed by atoms with Gasteiger partial charge in [0.1, 0.15) is 6.04 Å². The molecule has 152 valence electrons. The van der Waals surface area contributed by atoms with Gasteiger partial charge in [-0.3, -0.25) is 9.10 Å². The van der Waals surface area contributed by atoms with Crippen molar-refractivity contribution in [2.24, 2.45) is 0 Å². The minimum absolute atomic E-state index is 0.234. The average molecular weight is 403 g/mol. The molecule has 28 heavy (non-hydrogen) atoms. The summed E-state index contributed by atoms with van der Waals surface area (Å²) in [6.07, 6.45) is 1.98. The van der Waals surface area contributed by atoms with Gasteiger partial charge in [0.05, 0.1) is 11.9 Å². The van der Waals surface area contributed by atoms with E-state index >= 15 is 0 Å². The lowest BCUT2D eigenvalue weighted by Gasteiger charge is -2.29. The zero-order valence-corrected chi connectivity index (χ0v) is 18.3. The first-order valence-electron chi connectivity index (χ1n) is 9.55. The van der Waals surface area contributed by atoms with E-state index in [1.54, 1.807) is 19.1 Å². The van der Waals surface area contributed by atoms with Crippen molar-refractivity contribution in [2.45, 2.75) is 53.0 Å². The monoisotopic (exact) mass is 402 g/mol. The molecule has 0 aliphatic rings. The summed E-state index contributed by atoms with van der Waals surface area (Å²) in [5, 5.41) is 2.96. The lowest BCUT2D eigenvalue weighted by Crippen LogP contribution is -2.45. The molecule has 0 radical (unpaired) electrons. The van der Waals surface area contributed by atoms with Crippen molar-refractivity contribution in [3.63, 3.8) is 0 Å². The van der Waals surface area contributed by atoms with E-state index in [1.165, 1.54) is 4.31 Å². The van der Waals surface area contributed by atoms with E-state index in [1.807, 2.05) is 44.2 Å². The second-order valence-corrected chi connectivity index (χ2v) is 9.30. The minimum Gasteiger partial charge on any atom is -0.324 e. The van der Waals surface area contributed by atoms with Gasteiger partial charge in [0, 0.05) is 5.69 Å². The zero-order valence-electron chi connectivity index (χ0n) is 17.5. The van der Waals surface area contributed by atoms with Crippen LogP contribution in [0.25, 0.3) is 0 Å². The third-order valence-electron chi connectivity index (χ3n) is 4.86. The summed E-state index contributed by atoms with van der Waals surface area (Å²) in [5.41, 5.74) is 4.32. The van der Waals surface area contributed by atoms with Crippen LogP contribution in [0.15, 0.2) is 42.5 Å². The van der Waals surface area contributed by atoms with Gasteiger partial charge in [-0.2, -0.15) is 0 Å². The lowest BCUT2D eigenvalue weighted by molar-refractivity contribution is -0.116. The van der Waals surface area contributed by atoms with Gasteiger partial charge in [0.25, 0.3) is 0 Å². The van der Waals surface area contributed by atoms with Crippen molar-refractivity contribution in [2.75, 3.05) is 15.9 Å². The molecule has 0 heterocycles. The van der Waals surface area contributed by atoms with E-state index in [9.17, 15) is 13.2 Å². The van der Waals surface area contributed by atoms with Gasteiger partial charge in [-0.05, 0) is 55.0 Å². The fourth-order valence-corrected chi connectivity index (χ4v) is 4.43. The first-order chi connectivity index (χ1) is 13.1. The van der Waals surface area contributed by atoms with Crippen LogP contribution in [0.5, 0.6) is 0 Å². The first-order valence-corrected chi connectivity index (χ1v) is 11.4. The highest BCUT2D eigenvalue weighted by atomic mass is 32.2. The van der Waals surface area contributed by atoms with Crippen molar-refractivity contribution in [1.29, 1.82) is 0 Å². The lowest BCUT2D eigenvalue weighted by atomic mass is 9.98. The SMILES string of the molecule is CCc1ccc(N([C@H](C)C(=O)Nc2c(C)cccc2C(C)C)S(C)(=O)=O)cc1. The van der Waals surface area contributed by atoms with Crippen molar-refractivity contribution < 1.29 is 13.2 Å². The van der Waals surface area contributed by atoms with Crippen LogP contribution < -0.4 is 9.62 Å². The van der Waals surface area contributed by atoms with Crippen LogP contribution >= 0.6 is 0 Å². The summed E-state index contributed by atoms with van der Waals surface area (Å²) in [6.45, 7) is 9.70. The predicted octanol–water partition coefficient (Wildman–Crippen LogP) is 4.47. The van der Waals surface area contributed by atoms with Crippen LogP contribution in [0.3, 0.4) is 0 Å². The Bertz CT molecular complexity index is 935. The fraction of sp³-hybridized carbons (Fsp3) is 0.409. The molecule has 0 aromatic heterocycles. The van der Waals surface area contributed by atoms with E-state index in [2.05, 4.69) is 19.2 Å². The number of amides is 1. The van der Waals surface area contributed by atoms with Gasteiger partial charge in [-0.25, -0.2) is 8.42 Å². The van der Waals surface area contributed by atoms with Crippen LogP contribution in [0.1, 0.15) is 50.3 Å². The minimum atomic E-state index is -3.64. The molecule has 5 nitrogen and oxygen atoms in total. The van der Waals surface area contributed by atoms with E-state index in [-0.39, 0.29) is 11.8 Å². The molecule has 0 spiro atoms. The molecule has 0 unspecified atom stereocenters. The van der Waals surface area contributed by atoms with Crippen molar-refractivity contribution in [1.82, 2.24) is 0 Å². The molecule has 2 aromatic rings. The molecule has 2 aromatic carbocycles. The molecule has 2 rings (SSSR count). The zero-order chi connectivity index (χ0) is 21.1. The Labute approximate surface area is 168 Å². The number of rotatable bonds is 7. The molecular formula is C22H30N2O3S. The van der Waals surface area contributed by atoms with Crippen LogP contribution in [-0.4, -0.2) is 26.6 Å². The van der Waals surface area contributed by atoms with Crippen molar-refractivity contribution in [3.05, 3.63) is 59.2 Å². The highest BCUT2D eigenvalue weighted by molar-refractivity contribution is 7.92. The molecule has 0 saturated heterocycles. The van der Waals surface area contributed by atoms with Gasteiger partial charge < -0.3 is 5.32 Å². The summed E-state index contributed by atoms with van der Waals surface area (Å²) in [5.74, 6) is -0.126. The van der Waals surface area contributed by atoms with Crippen molar-refractivity contribution in [3.8, 4) is 0 Å². The van der Waals surface area contributed by atoms with E-state index in [0.717, 1.165) is 35.1 Å². The van der Waals surface area contributed by atoms with E-state index in [4.69, 9.17) is 0 Å². The summed E-state index contributed by atoms with van der Waals surface area (Å²) in [4.78, 5) is 13.0. The quantitative estimate of drug-likeness (QED) is 0.743. The van der Waals surface area contributed by atoms with Gasteiger partial charge in [0.2, 0.25) is 15.9 Å². The van der Waals surface area contributed by atoms with Crippen LogP contribution in [0, 0.1) is 6.92 Å². The summed E-state index contributed by atoms with van der Waals surface area (Å²) < 4.78 is 26.1. The highest BCUT2D eigenvalue weighted by Crippen LogP contribution is 2.28. The summed E-state index contributed by atoms with van der Waals surface area (Å²) in [7, 11) is -3.64. The van der Waals surface area contributed by atoms with Gasteiger partial charge in [-0.15, -0.1) is 0 Å². The number of nitrogens with zero attached hydrogens (tertiary/aromatic N) is 1. The van der Waals surface area contributed by atoms with Gasteiger partial charge in [0.15, 0.2) is 0 Å². The highest BCUT2D eigenvalue weighted by Gasteiger charge is 2.29. The largest absolute Gasteiger partial charge is 0.324 e. The Kier molecular flexibility index (Phi) is 6.88. The van der Waals surface area contributed by atoms with Crippen LogP contribution in [-0.2, 0) is 21.2 Å². The molecule has 0 fully saturated rings. The maximum absolute atomic E-state index is 13.0. The van der Waals surface area contributed by atoms with Crippen LogP contribution in [0.2, 0.25) is 0 Å². The molecule has 1 atom stereocenters. The van der Waals surface area contributed by atoms with Gasteiger partial charge >= 0.3 is 0 Å². The molecule has 1 amide bonds. The second kappa shape index (κ2) is 8.78. The number of carbonyl (C=O) groups excluding carboxylic acids is 1. The van der Waals surface area contributed by atoms with E-state index < -0.39 is 16.1 Å². The molecule has 0 saturated carbocycles. The normalized spacial score (nSPS) is 12.7. The third kappa shape index (κ3) is 4.93. The maximum Gasteiger partial charge on any atom is 0.248 e. The Hall–Kier alpha value is -2.34. The Morgan fingerprint density at radius 3 is 2.18 bits per heavy atom. The number of sulfonamides is 1. The summed E-state index contributed by atoms with van der Waals surface area (Å²) >= 11 is 0. The number of benzene rings is 2.